The van der Waals surface area contributed by atoms with E-state index >= 15 is 0 Å². The molecule has 1 aromatic carbocycles. The number of hydrogen-bond donors (Lipinski definition) is 0. The lowest BCUT2D eigenvalue weighted by molar-refractivity contribution is 0.338. The predicted molar refractivity (Wildman–Crippen MR) is 83.2 cm³/mol. The molecule has 0 unspecified atom stereocenters. The number of sulfone groups is 1. The summed E-state index contributed by atoms with van der Waals surface area (Å²) in [5.74, 6) is 6.96. The van der Waals surface area contributed by atoms with Crippen molar-refractivity contribution in [1.29, 1.82) is 0 Å². The molecule has 3 nitrogen and oxygen atoms in total. The lowest BCUT2D eigenvalue weighted by Gasteiger charge is -2.09. The summed E-state index contributed by atoms with van der Waals surface area (Å²) in [7, 11) is -3.00. The SMILES string of the molecule is CCCS(=O)(=O)CCOc1ccc(C#CCCl)cc1C. The average Bonchev–Trinajstić information content (AvgIpc) is 2.38. The topological polar surface area (TPSA) is 43.4 Å². The van der Waals surface area contributed by atoms with Gasteiger partial charge in [-0.25, -0.2) is 8.42 Å². The van der Waals surface area contributed by atoms with E-state index in [1.54, 1.807) is 6.07 Å². The van der Waals surface area contributed by atoms with E-state index in [2.05, 4.69) is 11.8 Å². The van der Waals surface area contributed by atoms with Crippen LogP contribution in [0.3, 0.4) is 0 Å². The molecule has 0 saturated carbocycles. The Morgan fingerprint density at radius 3 is 2.65 bits per heavy atom. The van der Waals surface area contributed by atoms with Crippen LogP contribution in [0.5, 0.6) is 5.75 Å². The number of benzene rings is 1. The Labute approximate surface area is 126 Å². The van der Waals surface area contributed by atoms with Crippen LogP contribution in [0.2, 0.25) is 0 Å². The summed E-state index contributed by atoms with van der Waals surface area (Å²) in [6, 6.07) is 5.54. The first kappa shape index (κ1) is 16.9. The van der Waals surface area contributed by atoms with Crippen LogP contribution >= 0.6 is 11.6 Å². The molecule has 0 radical (unpaired) electrons. The molecule has 0 aliphatic carbocycles. The normalized spacial score (nSPS) is 10.8. The molecular weight excluding hydrogens is 296 g/mol. The summed E-state index contributed by atoms with van der Waals surface area (Å²) >= 11 is 5.50. The van der Waals surface area contributed by atoms with E-state index in [0.29, 0.717) is 18.1 Å². The number of ether oxygens (including phenoxy) is 1. The van der Waals surface area contributed by atoms with Crippen molar-refractivity contribution in [1.82, 2.24) is 0 Å². The Hall–Kier alpha value is -1.18. The van der Waals surface area contributed by atoms with Gasteiger partial charge in [-0.15, -0.1) is 11.6 Å². The van der Waals surface area contributed by atoms with Gasteiger partial charge in [-0.2, -0.15) is 0 Å². The number of hydrogen-bond acceptors (Lipinski definition) is 3. The molecule has 110 valence electrons. The van der Waals surface area contributed by atoms with Crippen molar-refractivity contribution in [2.24, 2.45) is 0 Å². The van der Waals surface area contributed by atoms with Gasteiger partial charge in [0.2, 0.25) is 0 Å². The van der Waals surface area contributed by atoms with E-state index in [-0.39, 0.29) is 18.1 Å². The number of aryl methyl sites for hydroxylation is 1. The Morgan fingerprint density at radius 2 is 2.05 bits per heavy atom. The Bertz CT molecular complexity index is 597. The fourth-order valence-electron chi connectivity index (χ4n) is 1.72. The molecule has 0 bridgehead atoms. The molecule has 0 saturated heterocycles. The van der Waals surface area contributed by atoms with E-state index in [9.17, 15) is 8.42 Å². The molecule has 20 heavy (non-hydrogen) atoms. The van der Waals surface area contributed by atoms with Crippen molar-refractivity contribution >= 4 is 21.4 Å². The van der Waals surface area contributed by atoms with E-state index in [4.69, 9.17) is 16.3 Å². The molecule has 0 spiro atoms. The first-order valence-electron chi connectivity index (χ1n) is 6.47. The van der Waals surface area contributed by atoms with Gasteiger partial charge in [0.1, 0.15) is 12.4 Å². The van der Waals surface area contributed by atoms with Crippen LogP contribution in [0, 0.1) is 18.8 Å². The average molecular weight is 315 g/mol. The van der Waals surface area contributed by atoms with E-state index in [1.807, 2.05) is 26.0 Å². The van der Waals surface area contributed by atoms with Crippen molar-refractivity contribution < 1.29 is 13.2 Å². The fraction of sp³-hybridized carbons (Fsp3) is 0.467. The van der Waals surface area contributed by atoms with Gasteiger partial charge in [0, 0.05) is 5.56 Å². The standard InChI is InChI=1S/C15H19ClO3S/c1-3-10-20(17,18)11-9-19-15-7-6-14(5-4-8-16)12-13(15)2/h6-7,12H,3,8-11H2,1-2H3. The minimum absolute atomic E-state index is 0.0497. The quantitative estimate of drug-likeness (QED) is 0.599. The highest BCUT2D eigenvalue weighted by molar-refractivity contribution is 7.91. The summed E-state index contributed by atoms with van der Waals surface area (Å²) in [4.78, 5) is 0. The Balaban J connectivity index is 2.61. The zero-order valence-electron chi connectivity index (χ0n) is 11.8. The van der Waals surface area contributed by atoms with Crippen molar-refractivity contribution in [3.05, 3.63) is 29.3 Å². The fourth-order valence-corrected chi connectivity index (χ4v) is 2.95. The van der Waals surface area contributed by atoms with Gasteiger partial charge in [0.15, 0.2) is 9.84 Å². The van der Waals surface area contributed by atoms with Gasteiger partial charge in [0.25, 0.3) is 0 Å². The molecule has 0 amide bonds. The largest absolute Gasteiger partial charge is 0.492 e. The summed E-state index contributed by atoms with van der Waals surface area (Å²) in [5.41, 5.74) is 1.80. The van der Waals surface area contributed by atoms with E-state index in [1.165, 1.54) is 0 Å². The molecule has 0 aliphatic rings. The molecule has 0 aliphatic heterocycles. The van der Waals surface area contributed by atoms with Gasteiger partial charge in [0.05, 0.1) is 17.4 Å². The van der Waals surface area contributed by atoms with Crippen LogP contribution in [0.1, 0.15) is 24.5 Å². The maximum Gasteiger partial charge on any atom is 0.153 e. The van der Waals surface area contributed by atoms with Gasteiger partial charge < -0.3 is 4.74 Å². The second-order valence-electron chi connectivity index (χ2n) is 4.42. The zero-order chi connectivity index (χ0) is 15.0. The van der Waals surface area contributed by atoms with Crippen LogP contribution in [0.25, 0.3) is 0 Å². The van der Waals surface area contributed by atoms with E-state index < -0.39 is 9.84 Å². The zero-order valence-corrected chi connectivity index (χ0v) is 13.4. The minimum atomic E-state index is -3.00. The molecule has 1 rings (SSSR count). The monoisotopic (exact) mass is 314 g/mol. The number of halogens is 1. The van der Waals surface area contributed by atoms with Gasteiger partial charge in [-0.1, -0.05) is 18.8 Å². The highest BCUT2D eigenvalue weighted by Crippen LogP contribution is 2.18. The Kier molecular flexibility index (Phi) is 6.90. The third kappa shape index (κ3) is 5.85. The maximum atomic E-state index is 11.6. The highest BCUT2D eigenvalue weighted by Gasteiger charge is 2.10. The molecular formula is C15H19ClO3S. The highest BCUT2D eigenvalue weighted by atomic mass is 35.5. The smallest absolute Gasteiger partial charge is 0.153 e. The first-order valence-corrected chi connectivity index (χ1v) is 8.83. The molecule has 0 atom stereocenters. The first-order chi connectivity index (χ1) is 9.48. The van der Waals surface area contributed by atoms with Gasteiger partial charge in [-0.3, -0.25) is 0 Å². The van der Waals surface area contributed by atoms with Crippen molar-refractivity contribution in [2.75, 3.05) is 24.0 Å². The molecule has 5 heteroatoms. The Morgan fingerprint density at radius 1 is 1.30 bits per heavy atom. The van der Waals surface area contributed by atoms with Crippen molar-refractivity contribution in [3.8, 4) is 17.6 Å². The van der Waals surface area contributed by atoms with Crippen molar-refractivity contribution in [3.63, 3.8) is 0 Å². The molecule has 0 aromatic heterocycles. The molecule has 0 heterocycles. The third-order valence-electron chi connectivity index (χ3n) is 2.64. The third-order valence-corrected chi connectivity index (χ3v) is 4.59. The lowest BCUT2D eigenvalue weighted by Crippen LogP contribution is -2.17. The van der Waals surface area contributed by atoms with Crippen LogP contribution < -0.4 is 4.74 Å². The number of rotatable bonds is 6. The van der Waals surface area contributed by atoms with Crippen LogP contribution in [-0.2, 0) is 9.84 Å². The number of alkyl halides is 1. The van der Waals surface area contributed by atoms with Crippen LogP contribution in [0.4, 0.5) is 0 Å². The van der Waals surface area contributed by atoms with Gasteiger partial charge in [-0.05, 0) is 37.1 Å². The summed E-state index contributed by atoms with van der Waals surface area (Å²) in [6.07, 6.45) is 0.634. The lowest BCUT2D eigenvalue weighted by atomic mass is 10.1. The van der Waals surface area contributed by atoms with Gasteiger partial charge >= 0.3 is 0 Å². The van der Waals surface area contributed by atoms with Crippen LogP contribution in [-0.4, -0.2) is 32.4 Å². The van der Waals surface area contributed by atoms with Crippen molar-refractivity contribution in [2.45, 2.75) is 20.3 Å². The van der Waals surface area contributed by atoms with E-state index in [0.717, 1.165) is 11.1 Å². The molecule has 0 N–H and O–H groups in total. The molecule has 1 aromatic rings. The summed E-state index contributed by atoms with van der Waals surface area (Å²) < 4.78 is 28.7. The predicted octanol–water partition coefficient (Wildman–Crippen LogP) is 2.79. The summed E-state index contributed by atoms with van der Waals surface area (Å²) in [5, 5.41) is 0. The second kappa shape index (κ2) is 8.18. The van der Waals surface area contributed by atoms with Crippen LogP contribution in [0.15, 0.2) is 18.2 Å². The molecule has 0 fully saturated rings. The summed E-state index contributed by atoms with van der Waals surface area (Å²) in [6.45, 7) is 3.93. The second-order valence-corrected chi connectivity index (χ2v) is 6.99. The maximum absolute atomic E-state index is 11.6. The minimum Gasteiger partial charge on any atom is -0.492 e.